The summed E-state index contributed by atoms with van der Waals surface area (Å²) >= 11 is 5.33. The van der Waals surface area contributed by atoms with Crippen LogP contribution in [0, 0.1) is 25.7 Å². The van der Waals surface area contributed by atoms with Crippen molar-refractivity contribution in [3.8, 4) is 0 Å². The second kappa shape index (κ2) is 17.0. The van der Waals surface area contributed by atoms with Crippen LogP contribution >= 0.6 is 11.6 Å². The Morgan fingerprint density at radius 3 is 1.56 bits per heavy atom. The van der Waals surface area contributed by atoms with E-state index in [4.69, 9.17) is 11.6 Å². The van der Waals surface area contributed by atoms with E-state index in [0.717, 1.165) is 75.3 Å². The Morgan fingerprint density at radius 1 is 0.754 bits per heavy atom. The van der Waals surface area contributed by atoms with E-state index in [9.17, 15) is 35.9 Å². The molecular formula is C42H53ClF6N6O2. The zero-order valence-electron chi connectivity index (χ0n) is 33.1. The molecule has 8 rings (SSSR count). The zero-order valence-corrected chi connectivity index (χ0v) is 33.8. The number of halogens is 7. The van der Waals surface area contributed by atoms with Gasteiger partial charge in [-0.2, -0.15) is 26.3 Å². The van der Waals surface area contributed by atoms with Gasteiger partial charge in [0.15, 0.2) is 0 Å². The van der Waals surface area contributed by atoms with Crippen molar-refractivity contribution in [1.82, 2.24) is 20.9 Å². The molecule has 0 radical (unpaired) electrons. The first-order valence-electron chi connectivity index (χ1n) is 19.9. The van der Waals surface area contributed by atoms with Crippen molar-refractivity contribution in [3.63, 3.8) is 0 Å². The number of nitrogens with one attached hydrogen (secondary N) is 3. The normalized spacial score (nSPS) is 20.7. The van der Waals surface area contributed by atoms with Gasteiger partial charge in [-0.15, -0.1) is 11.6 Å². The first-order chi connectivity index (χ1) is 26.7. The van der Waals surface area contributed by atoms with Crippen molar-refractivity contribution in [1.29, 1.82) is 0 Å². The van der Waals surface area contributed by atoms with Crippen molar-refractivity contribution in [2.75, 3.05) is 38.6 Å². The molecule has 2 aliphatic carbocycles. The Hall–Kier alpha value is -3.49. The Balaban J connectivity index is 0.000000162. The largest absolute Gasteiger partial charge is 0.418 e. The van der Waals surface area contributed by atoms with Gasteiger partial charge in [-0.1, -0.05) is 23.3 Å². The predicted octanol–water partition coefficient (Wildman–Crippen LogP) is 8.56. The van der Waals surface area contributed by atoms with E-state index in [0.29, 0.717) is 54.3 Å². The minimum atomic E-state index is -4.38. The molecule has 4 heterocycles. The number of alkyl halides is 7. The highest BCUT2D eigenvalue weighted by atomic mass is 35.5. The fraction of sp³-hybridized carbons (Fsp3) is 0.619. The lowest BCUT2D eigenvalue weighted by molar-refractivity contribution is -0.137. The molecule has 3 N–H and O–H groups in total. The number of aryl methyl sites for hydroxylation is 2. The summed E-state index contributed by atoms with van der Waals surface area (Å²) in [5, 5.41) is 9.14. The van der Waals surface area contributed by atoms with Gasteiger partial charge in [0.1, 0.15) is 5.88 Å². The Bertz CT molecular complexity index is 1890. The molecule has 2 aromatic carbocycles. The van der Waals surface area contributed by atoms with Crippen LogP contribution in [0.25, 0.3) is 0 Å². The molecule has 0 spiro atoms. The van der Waals surface area contributed by atoms with E-state index < -0.39 is 23.5 Å². The molecule has 0 aromatic heterocycles. The van der Waals surface area contributed by atoms with Crippen LogP contribution < -0.4 is 16.0 Å². The second-order valence-corrected chi connectivity index (χ2v) is 17.7. The van der Waals surface area contributed by atoms with Gasteiger partial charge in [-0.05, 0) is 127 Å². The fourth-order valence-electron chi connectivity index (χ4n) is 8.45. The topological polar surface area (TPSA) is 98.2 Å². The molecule has 2 amide bonds. The highest BCUT2D eigenvalue weighted by molar-refractivity contribution is 6.27. The maximum Gasteiger partial charge on any atom is 0.418 e. The minimum Gasteiger partial charge on any atom is -0.350 e. The van der Waals surface area contributed by atoms with E-state index in [-0.39, 0.29) is 40.1 Å². The SMILES string of the molecule is CC1(NC(=O)CCl)CCC1.Cc1cc2c(c(C(F)(F)F)c1)N=C(CC1CN(CC(=O)NC3(C)CCC3)C1)C2.Cc1cc2c(c(C(F)(F)F)c1)N=C(CC1CNC1)C2. The molecule has 15 heteroatoms. The predicted molar refractivity (Wildman–Crippen MR) is 211 cm³/mol. The Morgan fingerprint density at radius 2 is 1.19 bits per heavy atom. The summed E-state index contributed by atoms with van der Waals surface area (Å²) in [4.78, 5) is 33.6. The van der Waals surface area contributed by atoms with E-state index >= 15 is 0 Å². The van der Waals surface area contributed by atoms with Gasteiger partial charge in [0.25, 0.3) is 0 Å². The summed E-state index contributed by atoms with van der Waals surface area (Å²) in [6.07, 6.45) is 0.514. The van der Waals surface area contributed by atoms with Crippen LogP contribution in [0.4, 0.5) is 37.7 Å². The molecule has 0 bridgehead atoms. The lowest BCUT2D eigenvalue weighted by Crippen LogP contribution is -2.56. The molecule has 2 saturated heterocycles. The number of hydrogen-bond acceptors (Lipinski definition) is 6. The molecule has 312 valence electrons. The summed E-state index contributed by atoms with van der Waals surface area (Å²) in [6.45, 7) is 11.4. The minimum absolute atomic E-state index is 0.0277. The van der Waals surface area contributed by atoms with Crippen LogP contribution in [0.3, 0.4) is 0 Å². The second-order valence-electron chi connectivity index (χ2n) is 17.4. The number of amides is 2. The molecule has 0 atom stereocenters. The highest BCUT2D eigenvalue weighted by Crippen LogP contribution is 2.44. The average molecular weight is 823 g/mol. The molecule has 8 nitrogen and oxygen atoms in total. The number of carbonyl (C=O) groups is 2. The number of fused-ring (bicyclic) bond motifs is 2. The smallest absolute Gasteiger partial charge is 0.350 e. The molecule has 6 aliphatic rings. The van der Waals surface area contributed by atoms with E-state index in [1.807, 2.05) is 6.07 Å². The molecule has 2 aromatic rings. The summed E-state index contributed by atoms with van der Waals surface area (Å²) in [5.41, 5.74) is 3.40. The van der Waals surface area contributed by atoms with Crippen molar-refractivity contribution in [2.45, 2.75) is 115 Å². The van der Waals surface area contributed by atoms with E-state index in [1.165, 1.54) is 25.0 Å². The van der Waals surface area contributed by atoms with Gasteiger partial charge >= 0.3 is 12.4 Å². The van der Waals surface area contributed by atoms with Crippen LogP contribution in [-0.4, -0.2) is 77.8 Å². The van der Waals surface area contributed by atoms with Gasteiger partial charge in [0.2, 0.25) is 11.8 Å². The van der Waals surface area contributed by atoms with Crippen molar-refractivity contribution in [3.05, 3.63) is 57.6 Å². The molecule has 57 heavy (non-hydrogen) atoms. The number of benzene rings is 2. The molecule has 4 fully saturated rings. The number of likely N-dealkylation sites (tertiary alicyclic amines) is 1. The molecule has 4 aliphatic heterocycles. The Labute approximate surface area is 335 Å². The standard InChI is InChI=1S/C21H26F3N3O.C14H15F3N2.C7H12ClNO/c1-13-6-15-9-16(25-19(15)17(7-13)21(22,23)24)8-14-10-27(11-14)12-18(28)26-20(2)4-3-5-20;1-8-2-10-5-11(4-9-6-18-7-9)19-13(10)12(3-8)14(15,16)17;1-7(3-2-4-7)9-6(10)5-8/h6-7,14H,3-5,8-12H2,1-2H3,(H,26,28);2-3,9,18H,4-7H2,1H3;2-5H2,1H3,(H,9,10). The fourth-order valence-corrected chi connectivity index (χ4v) is 8.52. The number of nitrogens with zero attached hydrogens (tertiary/aromatic N) is 3. The van der Waals surface area contributed by atoms with Gasteiger partial charge in [-0.25, -0.2) is 0 Å². The van der Waals surface area contributed by atoms with Crippen molar-refractivity contribution in [2.24, 2.45) is 21.8 Å². The first kappa shape index (κ1) is 43.1. The quantitative estimate of drug-likeness (QED) is 0.175. The van der Waals surface area contributed by atoms with Crippen LogP contribution in [0.2, 0.25) is 0 Å². The third-order valence-electron chi connectivity index (χ3n) is 11.8. The van der Waals surface area contributed by atoms with Crippen LogP contribution in [-0.2, 0) is 34.8 Å². The summed E-state index contributed by atoms with van der Waals surface area (Å²) in [6, 6.07) is 5.99. The zero-order chi connectivity index (χ0) is 41.3. The average Bonchev–Trinajstić information content (AvgIpc) is 3.65. The van der Waals surface area contributed by atoms with E-state index in [2.05, 4.69) is 44.7 Å². The number of carbonyl (C=O) groups excluding carboxylic acids is 2. The van der Waals surface area contributed by atoms with Gasteiger partial charge in [0, 0.05) is 48.4 Å². The lowest BCUT2D eigenvalue weighted by atomic mass is 9.78. The van der Waals surface area contributed by atoms with Gasteiger partial charge in [0.05, 0.1) is 29.0 Å². The summed E-state index contributed by atoms with van der Waals surface area (Å²) in [5.74, 6) is 0.981. The van der Waals surface area contributed by atoms with Crippen LogP contribution in [0.1, 0.15) is 98.6 Å². The monoisotopic (exact) mass is 822 g/mol. The maximum absolute atomic E-state index is 13.3. The molecule has 0 unspecified atom stereocenters. The van der Waals surface area contributed by atoms with Crippen LogP contribution in [0.5, 0.6) is 0 Å². The van der Waals surface area contributed by atoms with Crippen LogP contribution in [0.15, 0.2) is 34.3 Å². The third kappa shape index (κ3) is 11.0. The molecule has 2 saturated carbocycles. The number of aliphatic imine (C=N–C) groups is 2. The third-order valence-corrected chi connectivity index (χ3v) is 12.1. The number of hydrogen-bond donors (Lipinski definition) is 3. The highest BCUT2D eigenvalue weighted by Gasteiger charge is 2.39. The van der Waals surface area contributed by atoms with E-state index in [1.54, 1.807) is 19.9 Å². The summed E-state index contributed by atoms with van der Waals surface area (Å²) in [7, 11) is 0. The maximum atomic E-state index is 13.3. The Kier molecular flexibility index (Phi) is 12.9. The van der Waals surface area contributed by atoms with Gasteiger partial charge < -0.3 is 16.0 Å². The molecular weight excluding hydrogens is 770 g/mol. The van der Waals surface area contributed by atoms with Gasteiger partial charge in [-0.3, -0.25) is 24.5 Å². The van der Waals surface area contributed by atoms with Crippen molar-refractivity contribution >= 4 is 46.2 Å². The number of rotatable bonds is 9. The first-order valence-corrected chi connectivity index (χ1v) is 20.4. The van der Waals surface area contributed by atoms with Crippen molar-refractivity contribution < 1.29 is 35.9 Å². The summed E-state index contributed by atoms with van der Waals surface area (Å²) < 4.78 is 78.9. The lowest BCUT2D eigenvalue weighted by Gasteiger charge is -2.42.